The molecule has 0 spiro atoms. The van der Waals surface area contributed by atoms with Crippen molar-refractivity contribution in [3.8, 4) is 5.75 Å². The SMILES string of the molecule is OB(O)Oc1c(F)cc(F)c(F)c1F.c1ccc(P(c2ccccc2)c2ccccc2)cc1. The summed E-state index contributed by atoms with van der Waals surface area (Å²) in [6, 6.07) is 32.3. The van der Waals surface area contributed by atoms with Gasteiger partial charge in [0, 0.05) is 6.07 Å². The quantitative estimate of drug-likeness (QED) is 0.152. The van der Waals surface area contributed by atoms with Gasteiger partial charge >= 0.3 is 7.32 Å². The highest BCUT2D eigenvalue weighted by Gasteiger charge is 2.24. The van der Waals surface area contributed by atoms with Gasteiger partial charge < -0.3 is 14.7 Å². The number of hydrogen-bond acceptors (Lipinski definition) is 3. The zero-order valence-corrected chi connectivity index (χ0v) is 18.0. The molecule has 0 unspecified atom stereocenters. The maximum atomic E-state index is 12.7. The Hall–Kier alpha value is -3.19. The number of hydrogen-bond donors (Lipinski definition) is 2. The lowest BCUT2D eigenvalue weighted by Gasteiger charge is -2.18. The van der Waals surface area contributed by atoms with Crippen LogP contribution in [0.5, 0.6) is 5.75 Å². The molecule has 33 heavy (non-hydrogen) atoms. The van der Waals surface area contributed by atoms with Crippen molar-refractivity contribution in [3.05, 3.63) is 120 Å². The van der Waals surface area contributed by atoms with Crippen LogP contribution in [0, 0.1) is 23.3 Å². The molecule has 0 aliphatic rings. The first-order valence-electron chi connectivity index (χ1n) is 9.69. The molecule has 0 saturated carbocycles. The third-order valence-electron chi connectivity index (χ3n) is 4.34. The molecule has 9 heteroatoms. The largest absolute Gasteiger partial charge is 0.707 e. The summed E-state index contributed by atoms with van der Waals surface area (Å²) in [6.45, 7) is 0. The molecule has 4 aromatic carbocycles. The van der Waals surface area contributed by atoms with Gasteiger partial charge in [0.15, 0.2) is 23.2 Å². The molecule has 0 radical (unpaired) electrons. The molecule has 0 aliphatic heterocycles. The summed E-state index contributed by atoms with van der Waals surface area (Å²) < 4.78 is 53.9. The van der Waals surface area contributed by atoms with Gasteiger partial charge in [-0.2, -0.15) is 4.39 Å². The molecule has 4 rings (SSSR count). The van der Waals surface area contributed by atoms with Gasteiger partial charge in [0.05, 0.1) is 0 Å². The number of halogens is 4. The molecule has 4 aromatic rings. The van der Waals surface area contributed by atoms with Crippen molar-refractivity contribution in [2.45, 2.75) is 0 Å². The molecular formula is C24H18BF4O3P. The van der Waals surface area contributed by atoms with Gasteiger partial charge in [0.2, 0.25) is 5.82 Å². The summed E-state index contributed by atoms with van der Waals surface area (Å²) in [5.74, 6) is -8.62. The molecule has 3 nitrogen and oxygen atoms in total. The minimum absolute atomic E-state index is 0.0239. The molecule has 2 N–H and O–H groups in total. The molecule has 168 valence electrons. The Morgan fingerprint density at radius 1 is 0.576 bits per heavy atom. The van der Waals surface area contributed by atoms with Crippen LogP contribution in [-0.4, -0.2) is 17.4 Å². The van der Waals surface area contributed by atoms with E-state index in [0.29, 0.717) is 0 Å². The molecule has 0 amide bonds. The van der Waals surface area contributed by atoms with Crippen LogP contribution in [-0.2, 0) is 0 Å². The highest BCUT2D eigenvalue weighted by molar-refractivity contribution is 7.79. The predicted octanol–water partition coefficient (Wildman–Crippen LogP) is 4.04. The van der Waals surface area contributed by atoms with Gasteiger partial charge in [-0.3, -0.25) is 0 Å². The fourth-order valence-corrected chi connectivity index (χ4v) is 5.25. The summed E-state index contributed by atoms with van der Waals surface area (Å²) in [5.41, 5.74) is 0. The van der Waals surface area contributed by atoms with Crippen molar-refractivity contribution in [1.82, 2.24) is 0 Å². The second-order valence-corrected chi connectivity index (χ2v) is 8.80. The molecule has 0 aromatic heterocycles. The lowest BCUT2D eigenvalue weighted by atomic mass is 10.2. The van der Waals surface area contributed by atoms with Gasteiger partial charge in [-0.15, -0.1) is 0 Å². The van der Waals surface area contributed by atoms with E-state index in [-0.39, 0.29) is 6.07 Å². The van der Waals surface area contributed by atoms with Gasteiger partial charge in [0.1, 0.15) is 0 Å². The highest BCUT2D eigenvalue weighted by atomic mass is 31.1. The number of benzene rings is 4. The first-order chi connectivity index (χ1) is 15.9. The lowest BCUT2D eigenvalue weighted by molar-refractivity contribution is 0.269. The van der Waals surface area contributed by atoms with Crippen LogP contribution in [0.15, 0.2) is 97.1 Å². The van der Waals surface area contributed by atoms with Crippen LogP contribution < -0.4 is 20.6 Å². The Balaban J connectivity index is 0.000000196. The molecule has 0 heterocycles. The Bertz CT molecular complexity index is 1070. The molecule has 0 bridgehead atoms. The average Bonchev–Trinajstić information content (AvgIpc) is 2.83. The van der Waals surface area contributed by atoms with Gasteiger partial charge in [-0.05, 0) is 23.8 Å². The van der Waals surface area contributed by atoms with Crippen molar-refractivity contribution < 1.29 is 32.3 Å². The second kappa shape index (κ2) is 11.6. The first kappa shape index (κ1) is 24.5. The van der Waals surface area contributed by atoms with E-state index in [2.05, 4.69) is 95.6 Å². The van der Waals surface area contributed by atoms with E-state index in [4.69, 9.17) is 10.0 Å². The monoisotopic (exact) mass is 472 g/mol. The van der Waals surface area contributed by atoms with E-state index in [9.17, 15) is 17.6 Å². The van der Waals surface area contributed by atoms with Crippen molar-refractivity contribution in [1.29, 1.82) is 0 Å². The fraction of sp³-hybridized carbons (Fsp3) is 0. The fourth-order valence-electron chi connectivity index (χ4n) is 2.94. The van der Waals surface area contributed by atoms with E-state index in [0.717, 1.165) is 0 Å². The van der Waals surface area contributed by atoms with Crippen LogP contribution in [0.2, 0.25) is 0 Å². The summed E-state index contributed by atoms with van der Waals surface area (Å²) in [4.78, 5) is 0. The summed E-state index contributed by atoms with van der Waals surface area (Å²) in [6.07, 6.45) is 0. The minimum Gasteiger partial charge on any atom is -0.507 e. The van der Waals surface area contributed by atoms with E-state index < -0.39 is 44.3 Å². The topological polar surface area (TPSA) is 49.7 Å². The van der Waals surface area contributed by atoms with Crippen LogP contribution in [0.4, 0.5) is 17.6 Å². The molecule has 0 saturated heterocycles. The lowest BCUT2D eigenvalue weighted by Crippen LogP contribution is -2.22. The molecule has 0 fully saturated rings. The maximum Gasteiger partial charge on any atom is 0.707 e. The predicted molar refractivity (Wildman–Crippen MR) is 122 cm³/mol. The van der Waals surface area contributed by atoms with Crippen LogP contribution in [0.25, 0.3) is 0 Å². The average molecular weight is 472 g/mol. The maximum absolute atomic E-state index is 12.7. The second-order valence-electron chi connectivity index (χ2n) is 6.58. The van der Waals surface area contributed by atoms with E-state index in [1.807, 2.05) is 0 Å². The molecule has 0 atom stereocenters. The normalized spacial score (nSPS) is 10.4. The zero-order chi connectivity index (χ0) is 23.8. The van der Waals surface area contributed by atoms with Crippen LogP contribution in [0.1, 0.15) is 0 Å². The summed E-state index contributed by atoms with van der Waals surface area (Å²) >= 11 is 0. The van der Waals surface area contributed by atoms with Crippen LogP contribution >= 0.6 is 7.92 Å². The zero-order valence-electron chi connectivity index (χ0n) is 17.1. The third-order valence-corrected chi connectivity index (χ3v) is 6.78. The number of rotatable bonds is 5. The first-order valence-corrected chi connectivity index (χ1v) is 11.0. The van der Waals surface area contributed by atoms with Gasteiger partial charge in [-0.1, -0.05) is 91.0 Å². The van der Waals surface area contributed by atoms with Crippen molar-refractivity contribution in [2.75, 3.05) is 0 Å². The molecular weight excluding hydrogens is 454 g/mol. The standard InChI is InChI=1S/C18H15P.C6H3BF4O3/c1-4-10-16(11-5-1)19(17-12-6-2-7-13-17)18-14-8-3-9-15-18;8-2-1-3(9)6(14-7(12)13)5(11)4(2)10/h1-15H;1,12-13H. The highest BCUT2D eigenvalue weighted by Crippen LogP contribution is 2.32. The van der Waals surface area contributed by atoms with Crippen LogP contribution in [0.3, 0.4) is 0 Å². The molecule has 0 aliphatic carbocycles. The Kier molecular flexibility index (Phi) is 8.61. The van der Waals surface area contributed by atoms with Gasteiger partial charge in [0.25, 0.3) is 0 Å². The Morgan fingerprint density at radius 3 is 1.33 bits per heavy atom. The van der Waals surface area contributed by atoms with E-state index >= 15 is 0 Å². The summed E-state index contributed by atoms with van der Waals surface area (Å²) in [5, 5.41) is 20.6. The van der Waals surface area contributed by atoms with E-state index in [1.54, 1.807) is 0 Å². The van der Waals surface area contributed by atoms with E-state index in [1.165, 1.54) is 15.9 Å². The Morgan fingerprint density at radius 2 is 0.970 bits per heavy atom. The summed E-state index contributed by atoms with van der Waals surface area (Å²) in [7, 11) is -2.97. The Labute approximate surface area is 189 Å². The van der Waals surface area contributed by atoms with Crippen molar-refractivity contribution in [3.63, 3.8) is 0 Å². The van der Waals surface area contributed by atoms with Crippen molar-refractivity contribution in [2.24, 2.45) is 0 Å². The smallest absolute Gasteiger partial charge is 0.507 e. The van der Waals surface area contributed by atoms with Crippen molar-refractivity contribution >= 4 is 31.2 Å². The minimum atomic E-state index is -2.52. The third kappa shape index (κ3) is 6.42. The van der Waals surface area contributed by atoms with Gasteiger partial charge in [-0.25, -0.2) is 13.2 Å².